The first-order valence-electron chi connectivity index (χ1n) is 15.1. The first-order valence-corrected chi connectivity index (χ1v) is 16.5. The van der Waals surface area contributed by atoms with E-state index >= 15 is 0 Å². The minimum Gasteiger partial charge on any atom is -0.444 e. The van der Waals surface area contributed by atoms with Crippen molar-refractivity contribution in [2.45, 2.75) is 130 Å². The standard InChI is InChI=1S/C32H55N3O4S/c1-9-11-12-13-14-15-21-35(30(37)27(20-22-40-8)34-31(38)39-32(5,6)7)28(26-19-16-18-24(3)23-26)29(36)33-25(4)17-10-2/h16,18-19,23,25,27-28H,9-15,17,20-22H2,1-8H3,(H,33,36)(H,34,38). The van der Waals surface area contributed by atoms with Crippen LogP contribution in [0.25, 0.3) is 0 Å². The second kappa shape index (κ2) is 19.0. The predicted octanol–water partition coefficient (Wildman–Crippen LogP) is 7.18. The van der Waals surface area contributed by atoms with Crippen LogP contribution in [0.15, 0.2) is 24.3 Å². The van der Waals surface area contributed by atoms with Crippen molar-refractivity contribution in [1.82, 2.24) is 15.5 Å². The van der Waals surface area contributed by atoms with Crippen molar-refractivity contribution in [1.29, 1.82) is 0 Å². The van der Waals surface area contributed by atoms with Gasteiger partial charge in [-0.05, 0) is 71.5 Å². The minimum absolute atomic E-state index is 0.0111. The van der Waals surface area contributed by atoms with Crippen LogP contribution in [-0.4, -0.2) is 59.0 Å². The Morgan fingerprint density at radius 3 is 2.25 bits per heavy atom. The Kier molecular flexibility index (Phi) is 17.0. The molecule has 0 heterocycles. The Hall–Kier alpha value is -2.22. The maximum Gasteiger partial charge on any atom is 0.408 e. The summed E-state index contributed by atoms with van der Waals surface area (Å²) >= 11 is 1.61. The number of amides is 3. The van der Waals surface area contributed by atoms with Crippen LogP contribution in [0, 0.1) is 6.92 Å². The number of ether oxygens (including phenoxy) is 1. The van der Waals surface area contributed by atoms with Gasteiger partial charge in [-0.15, -0.1) is 0 Å². The number of hydrogen-bond acceptors (Lipinski definition) is 5. The summed E-state index contributed by atoms with van der Waals surface area (Å²) < 4.78 is 5.50. The minimum atomic E-state index is -0.796. The van der Waals surface area contributed by atoms with Crippen LogP contribution >= 0.6 is 11.8 Å². The Bertz CT molecular complexity index is 902. The highest BCUT2D eigenvalue weighted by atomic mass is 32.2. The second-order valence-electron chi connectivity index (χ2n) is 11.8. The Labute approximate surface area is 248 Å². The summed E-state index contributed by atoms with van der Waals surface area (Å²) in [5.74, 6) is 0.247. The molecule has 3 amide bonds. The van der Waals surface area contributed by atoms with Crippen LogP contribution in [0.5, 0.6) is 0 Å². The molecule has 0 saturated heterocycles. The average molecular weight is 578 g/mol. The molecule has 0 aromatic heterocycles. The maximum absolute atomic E-state index is 14.3. The zero-order valence-electron chi connectivity index (χ0n) is 26.3. The third-order valence-electron chi connectivity index (χ3n) is 6.66. The van der Waals surface area contributed by atoms with E-state index in [9.17, 15) is 14.4 Å². The van der Waals surface area contributed by atoms with Gasteiger partial charge in [0.15, 0.2) is 0 Å². The number of carbonyl (C=O) groups is 3. The third-order valence-corrected chi connectivity index (χ3v) is 7.31. The largest absolute Gasteiger partial charge is 0.444 e. The first-order chi connectivity index (χ1) is 18.9. The van der Waals surface area contributed by atoms with Gasteiger partial charge in [0.25, 0.3) is 0 Å². The number of thioether (sulfide) groups is 1. The molecule has 1 rings (SSSR count). The molecular weight excluding hydrogens is 522 g/mol. The SMILES string of the molecule is CCCCCCCCN(C(=O)C(CCSC)NC(=O)OC(C)(C)C)C(C(=O)NC(C)CCC)c1cccc(C)c1. The highest BCUT2D eigenvalue weighted by molar-refractivity contribution is 7.98. The summed E-state index contributed by atoms with van der Waals surface area (Å²) in [7, 11) is 0. The lowest BCUT2D eigenvalue weighted by atomic mass is 9.99. The van der Waals surface area contributed by atoms with Crippen molar-refractivity contribution in [3.63, 3.8) is 0 Å². The fourth-order valence-corrected chi connectivity index (χ4v) is 5.18. The zero-order chi connectivity index (χ0) is 30.1. The zero-order valence-corrected chi connectivity index (χ0v) is 27.1. The summed E-state index contributed by atoms with van der Waals surface area (Å²) in [5, 5.41) is 5.98. The summed E-state index contributed by atoms with van der Waals surface area (Å²) in [4.78, 5) is 42.6. The van der Waals surface area contributed by atoms with E-state index in [2.05, 4.69) is 24.5 Å². The molecule has 0 saturated carbocycles. The van der Waals surface area contributed by atoms with Crippen LogP contribution in [-0.2, 0) is 14.3 Å². The van der Waals surface area contributed by atoms with Crippen molar-refractivity contribution < 1.29 is 19.1 Å². The molecule has 3 atom stereocenters. The number of nitrogens with zero attached hydrogens (tertiary/aromatic N) is 1. The van der Waals surface area contributed by atoms with Gasteiger partial charge < -0.3 is 20.3 Å². The molecule has 7 nitrogen and oxygen atoms in total. The number of unbranched alkanes of at least 4 members (excludes halogenated alkanes) is 5. The average Bonchev–Trinajstić information content (AvgIpc) is 2.86. The summed E-state index contributed by atoms with van der Waals surface area (Å²) in [6.07, 6.45) is 9.99. The molecule has 0 aliphatic heterocycles. The van der Waals surface area contributed by atoms with E-state index in [1.807, 2.05) is 44.4 Å². The molecule has 0 aliphatic carbocycles. The van der Waals surface area contributed by atoms with Gasteiger partial charge >= 0.3 is 6.09 Å². The number of benzene rings is 1. The Balaban J connectivity index is 3.44. The molecule has 1 aromatic rings. The highest BCUT2D eigenvalue weighted by Gasteiger charge is 2.36. The smallest absolute Gasteiger partial charge is 0.408 e. The second-order valence-corrected chi connectivity index (χ2v) is 12.8. The lowest BCUT2D eigenvalue weighted by Gasteiger charge is -2.35. The molecule has 2 N–H and O–H groups in total. The number of alkyl carbamates (subject to hydrolysis) is 1. The van der Waals surface area contributed by atoms with Crippen LogP contribution in [0.3, 0.4) is 0 Å². The van der Waals surface area contributed by atoms with Crippen LogP contribution in [0.2, 0.25) is 0 Å². The normalized spacial score (nSPS) is 13.7. The molecule has 8 heteroatoms. The monoisotopic (exact) mass is 577 g/mol. The number of carbonyl (C=O) groups excluding carboxylic acids is 3. The van der Waals surface area contributed by atoms with E-state index in [4.69, 9.17) is 4.74 Å². The molecule has 40 heavy (non-hydrogen) atoms. The molecular formula is C32H55N3O4S. The van der Waals surface area contributed by atoms with Crippen molar-refractivity contribution in [3.05, 3.63) is 35.4 Å². The summed E-state index contributed by atoms with van der Waals surface area (Å²) in [6, 6.07) is 6.22. The molecule has 0 aliphatic rings. The van der Waals surface area contributed by atoms with Gasteiger partial charge in [0.05, 0.1) is 0 Å². The van der Waals surface area contributed by atoms with E-state index < -0.39 is 23.8 Å². The van der Waals surface area contributed by atoms with Crippen molar-refractivity contribution in [2.75, 3.05) is 18.6 Å². The van der Waals surface area contributed by atoms with E-state index in [1.54, 1.807) is 37.4 Å². The van der Waals surface area contributed by atoms with E-state index in [0.717, 1.165) is 49.7 Å². The van der Waals surface area contributed by atoms with Gasteiger partial charge in [0.2, 0.25) is 11.8 Å². The number of nitrogens with one attached hydrogen (secondary N) is 2. The van der Waals surface area contributed by atoms with Gasteiger partial charge in [0, 0.05) is 12.6 Å². The third kappa shape index (κ3) is 13.9. The Morgan fingerprint density at radius 1 is 0.975 bits per heavy atom. The molecule has 0 fully saturated rings. The molecule has 0 bridgehead atoms. The maximum atomic E-state index is 14.3. The van der Waals surface area contributed by atoms with E-state index in [1.165, 1.54) is 12.8 Å². The fraction of sp³-hybridized carbons (Fsp3) is 0.719. The van der Waals surface area contributed by atoms with Gasteiger partial charge in [-0.25, -0.2) is 4.79 Å². The molecule has 3 unspecified atom stereocenters. The molecule has 0 radical (unpaired) electrons. The van der Waals surface area contributed by atoms with Crippen molar-refractivity contribution >= 4 is 29.7 Å². The summed E-state index contributed by atoms with van der Waals surface area (Å²) in [6.45, 7) is 14.1. The van der Waals surface area contributed by atoms with Crippen molar-refractivity contribution in [2.24, 2.45) is 0 Å². The molecule has 228 valence electrons. The van der Waals surface area contributed by atoms with Gasteiger partial charge in [0.1, 0.15) is 17.7 Å². The fourth-order valence-electron chi connectivity index (χ4n) is 4.71. The lowest BCUT2D eigenvalue weighted by Crippen LogP contribution is -2.54. The van der Waals surface area contributed by atoms with Crippen LogP contribution in [0.4, 0.5) is 4.79 Å². The quantitative estimate of drug-likeness (QED) is 0.181. The lowest BCUT2D eigenvalue weighted by molar-refractivity contribution is -0.143. The van der Waals surface area contributed by atoms with E-state index in [-0.39, 0.29) is 17.9 Å². The van der Waals surface area contributed by atoms with E-state index in [0.29, 0.717) is 18.7 Å². The number of rotatable bonds is 18. The van der Waals surface area contributed by atoms with Crippen LogP contribution in [0.1, 0.15) is 116 Å². The predicted molar refractivity (Wildman–Crippen MR) is 168 cm³/mol. The van der Waals surface area contributed by atoms with Crippen molar-refractivity contribution in [3.8, 4) is 0 Å². The summed E-state index contributed by atoms with van der Waals surface area (Å²) in [5.41, 5.74) is 1.12. The Morgan fingerprint density at radius 2 is 1.65 bits per heavy atom. The molecule has 0 spiro atoms. The van der Waals surface area contributed by atoms with Gasteiger partial charge in [-0.1, -0.05) is 82.2 Å². The first kappa shape index (κ1) is 35.8. The number of hydrogen-bond donors (Lipinski definition) is 2. The molecule has 1 aromatic carbocycles. The number of aryl methyl sites for hydroxylation is 1. The topological polar surface area (TPSA) is 87.7 Å². The highest BCUT2D eigenvalue weighted by Crippen LogP contribution is 2.26. The van der Waals surface area contributed by atoms with Crippen LogP contribution < -0.4 is 10.6 Å². The van der Waals surface area contributed by atoms with Gasteiger partial charge in [-0.3, -0.25) is 9.59 Å². The van der Waals surface area contributed by atoms with Gasteiger partial charge in [-0.2, -0.15) is 11.8 Å².